The molecule has 1 aliphatic carbocycles. The lowest BCUT2D eigenvalue weighted by Gasteiger charge is -2.16. The van der Waals surface area contributed by atoms with Gasteiger partial charge in [0.2, 0.25) is 0 Å². The van der Waals surface area contributed by atoms with Crippen LogP contribution in [0, 0.1) is 30.6 Å². The largest absolute Gasteiger partial charge is 0.373 e. The van der Waals surface area contributed by atoms with Crippen molar-refractivity contribution in [3.63, 3.8) is 0 Å². The highest BCUT2D eigenvalue weighted by molar-refractivity contribution is 7.12. The number of benzene rings is 1. The summed E-state index contributed by atoms with van der Waals surface area (Å²) < 4.78 is 5.83. The molecule has 4 heteroatoms. The van der Waals surface area contributed by atoms with E-state index in [1.807, 2.05) is 43.3 Å². The molecule has 2 bridgehead atoms. The number of rotatable bonds is 1. The zero-order valence-electron chi connectivity index (χ0n) is 14.4. The Labute approximate surface area is 156 Å². The molecular formula is C22H18O3S. The first kappa shape index (κ1) is 16.0. The van der Waals surface area contributed by atoms with Crippen LogP contribution < -0.4 is 0 Å². The van der Waals surface area contributed by atoms with Crippen molar-refractivity contribution in [2.24, 2.45) is 11.8 Å². The van der Waals surface area contributed by atoms with Crippen LogP contribution in [0.1, 0.15) is 39.6 Å². The molecule has 3 nitrogen and oxygen atoms in total. The zero-order chi connectivity index (χ0) is 17.8. The van der Waals surface area contributed by atoms with E-state index in [0.717, 1.165) is 33.7 Å². The molecule has 2 aromatic rings. The molecular weight excluding hydrogens is 344 g/mol. The Morgan fingerprint density at radius 3 is 2.31 bits per heavy atom. The maximum Gasteiger partial charge on any atom is 0.154 e. The van der Waals surface area contributed by atoms with Crippen molar-refractivity contribution in [1.82, 2.24) is 0 Å². The monoisotopic (exact) mass is 362 g/mol. The van der Waals surface area contributed by atoms with Gasteiger partial charge in [0.25, 0.3) is 0 Å². The number of thiophene rings is 1. The van der Waals surface area contributed by atoms with E-state index in [4.69, 9.17) is 4.74 Å². The van der Waals surface area contributed by atoms with Crippen LogP contribution in [0.15, 0.2) is 36.4 Å². The van der Waals surface area contributed by atoms with Gasteiger partial charge in [-0.1, -0.05) is 30.0 Å². The summed E-state index contributed by atoms with van der Waals surface area (Å²) in [6.45, 7) is 1.98. The van der Waals surface area contributed by atoms with Gasteiger partial charge in [0, 0.05) is 10.4 Å². The Kier molecular flexibility index (Phi) is 3.63. The average molecular weight is 362 g/mol. The number of carbonyl (C=O) groups excluding carboxylic acids is 2. The van der Waals surface area contributed by atoms with Crippen LogP contribution in [-0.2, 0) is 14.3 Å². The summed E-state index contributed by atoms with van der Waals surface area (Å²) in [6, 6.07) is 11.8. The normalized spacial score (nSPS) is 31.8. The summed E-state index contributed by atoms with van der Waals surface area (Å²) in [5.74, 6) is 5.41. The van der Waals surface area contributed by atoms with Crippen LogP contribution in [-0.4, -0.2) is 23.8 Å². The number of hydrogen-bond donors (Lipinski definition) is 0. The van der Waals surface area contributed by atoms with E-state index in [2.05, 4.69) is 11.8 Å². The predicted molar refractivity (Wildman–Crippen MR) is 99.1 cm³/mol. The zero-order valence-corrected chi connectivity index (χ0v) is 15.2. The smallest absolute Gasteiger partial charge is 0.154 e. The fourth-order valence-electron chi connectivity index (χ4n) is 4.73. The number of carbonyl (C=O) groups is 2. The van der Waals surface area contributed by atoms with Crippen molar-refractivity contribution in [2.45, 2.75) is 37.9 Å². The van der Waals surface area contributed by atoms with Gasteiger partial charge in [-0.2, -0.15) is 0 Å². The van der Waals surface area contributed by atoms with Gasteiger partial charge < -0.3 is 4.74 Å². The molecule has 3 aliphatic rings. The summed E-state index contributed by atoms with van der Waals surface area (Å²) >= 11 is 1.56. The molecule has 2 saturated heterocycles. The van der Waals surface area contributed by atoms with Gasteiger partial charge >= 0.3 is 0 Å². The minimum absolute atomic E-state index is 0.0391. The molecule has 26 heavy (non-hydrogen) atoms. The quantitative estimate of drug-likeness (QED) is 0.576. The second-order valence-corrected chi connectivity index (χ2v) is 8.57. The highest BCUT2D eigenvalue weighted by Crippen LogP contribution is 2.52. The second kappa shape index (κ2) is 5.90. The molecule has 0 spiro atoms. The Balaban J connectivity index is 1.46. The molecule has 1 saturated carbocycles. The molecule has 0 radical (unpaired) electrons. The van der Waals surface area contributed by atoms with Gasteiger partial charge in [0.05, 0.1) is 28.9 Å². The molecule has 3 unspecified atom stereocenters. The first-order chi connectivity index (χ1) is 12.6. The van der Waals surface area contributed by atoms with E-state index in [1.54, 1.807) is 11.3 Å². The number of hydrogen-bond acceptors (Lipinski definition) is 4. The van der Waals surface area contributed by atoms with Crippen molar-refractivity contribution in [3.05, 3.63) is 57.3 Å². The highest BCUT2D eigenvalue weighted by Gasteiger charge is 2.63. The Bertz CT molecular complexity index is 934. The van der Waals surface area contributed by atoms with Crippen molar-refractivity contribution < 1.29 is 14.3 Å². The third-order valence-electron chi connectivity index (χ3n) is 5.87. The third kappa shape index (κ3) is 2.31. The van der Waals surface area contributed by atoms with Crippen molar-refractivity contribution in [2.75, 3.05) is 0 Å². The summed E-state index contributed by atoms with van der Waals surface area (Å²) in [7, 11) is 0. The minimum atomic E-state index is -0.611. The van der Waals surface area contributed by atoms with Gasteiger partial charge in [-0.3, -0.25) is 9.59 Å². The summed E-state index contributed by atoms with van der Waals surface area (Å²) in [6.07, 6.45) is 1.74. The lowest BCUT2D eigenvalue weighted by molar-refractivity contribution is -0.127. The number of ketones is 2. The molecule has 1 aromatic carbocycles. The molecule has 3 fully saturated rings. The summed E-state index contributed by atoms with van der Waals surface area (Å²) in [5.41, 5.74) is 1.81. The average Bonchev–Trinajstić information content (AvgIpc) is 3.39. The maximum absolute atomic E-state index is 13.0. The Morgan fingerprint density at radius 1 is 1.00 bits per heavy atom. The van der Waals surface area contributed by atoms with Crippen LogP contribution >= 0.6 is 11.3 Å². The van der Waals surface area contributed by atoms with Gasteiger partial charge in [0.15, 0.2) is 11.6 Å². The van der Waals surface area contributed by atoms with E-state index < -0.39 is 5.92 Å². The molecule has 1 aromatic heterocycles. The number of aryl methyl sites for hydroxylation is 1. The van der Waals surface area contributed by atoms with Crippen molar-refractivity contribution in [3.8, 4) is 11.8 Å². The van der Waals surface area contributed by atoms with Crippen LogP contribution in [0.5, 0.6) is 0 Å². The van der Waals surface area contributed by atoms with E-state index in [0.29, 0.717) is 0 Å². The van der Waals surface area contributed by atoms with Crippen LogP contribution in [0.3, 0.4) is 0 Å². The summed E-state index contributed by atoms with van der Waals surface area (Å²) in [5, 5.41) is 0. The standard InChI is InChI=1S/C22H18O3S/c1-12-15(11-14(26-12)8-7-13-5-3-2-4-6-13)18-21(23)19-16-9-10-17(25-16)20(19)22(18)24/h2-6,11,16-20H,9-10H2,1H3/t16?,17?,18?,19-,20+. The summed E-state index contributed by atoms with van der Waals surface area (Å²) in [4.78, 5) is 27.9. The first-order valence-corrected chi connectivity index (χ1v) is 9.85. The van der Waals surface area contributed by atoms with E-state index >= 15 is 0 Å². The molecule has 0 N–H and O–H groups in total. The molecule has 0 amide bonds. The number of Topliss-reactive ketones (excluding diaryl/α,β-unsaturated/α-hetero) is 2. The third-order valence-corrected chi connectivity index (χ3v) is 6.85. The van der Waals surface area contributed by atoms with Crippen molar-refractivity contribution in [1.29, 1.82) is 0 Å². The fraction of sp³-hybridized carbons (Fsp3) is 0.364. The second-order valence-electron chi connectivity index (χ2n) is 7.32. The lowest BCUT2D eigenvalue weighted by atomic mass is 9.81. The van der Waals surface area contributed by atoms with Crippen LogP contribution in [0.25, 0.3) is 0 Å². The topological polar surface area (TPSA) is 43.4 Å². The van der Waals surface area contributed by atoms with Gasteiger partial charge in [-0.05, 0) is 43.5 Å². The van der Waals surface area contributed by atoms with Crippen LogP contribution in [0.2, 0.25) is 0 Å². The number of ether oxygens (including phenoxy) is 1. The van der Waals surface area contributed by atoms with E-state index in [9.17, 15) is 9.59 Å². The van der Waals surface area contributed by atoms with Gasteiger partial charge in [-0.15, -0.1) is 11.3 Å². The highest BCUT2D eigenvalue weighted by atomic mass is 32.1. The SMILES string of the molecule is Cc1sc(C#Cc2ccccc2)cc1C1C(=O)[C@@H]2C3CCC(O3)[C@@H]2C1=O. The Hall–Kier alpha value is -2.22. The molecule has 2 aliphatic heterocycles. The van der Waals surface area contributed by atoms with Gasteiger partial charge in [-0.25, -0.2) is 0 Å². The van der Waals surface area contributed by atoms with E-state index in [1.165, 1.54) is 0 Å². The predicted octanol–water partition coefficient (Wildman–Crippen LogP) is 3.49. The molecule has 130 valence electrons. The maximum atomic E-state index is 13.0. The Morgan fingerprint density at radius 2 is 1.65 bits per heavy atom. The van der Waals surface area contributed by atoms with Crippen molar-refractivity contribution >= 4 is 22.9 Å². The number of fused-ring (bicyclic) bond motifs is 5. The lowest BCUT2D eigenvalue weighted by Crippen LogP contribution is -2.29. The molecule has 5 atom stereocenters. The fourth-order valence-corrected chi connectivity index (χ4v) is 5.64. The van der Waals surface area contributed by atoms with Gasteiger partial charge in [0.1, 0.15) is 5.92 Å². The van der Waals surface area contributed by atoms with Crippen LogP contribution in [0.4, 0.5) is 0 Å². The molecule has 3 heterocycles. The minimum Gasteiger partial charge on any atom is -0.373 e. The first-order valence-electron chi connectivity index (χ1n) is 9.04. The van der Waals surface area contributed by atoms with E-state index in [-0.39, 0.29) is 35.6 Å². The molecule has 5 rings (SSSR count).